The number of nitrogen functional groups attached to an aromatic ring is 1. The van der Waals surface area contributed by atoms with Crippen LogP contribution in [0, 0.1) is 32.1 Å². The van der Waals surface area contributed by atoms with Crippen LogP contribution < -0.4 is 10.5 Å². The van der Waals surface area contributed by atoms with Crippen LogP contribution in [-0.2, 0) is 10.0 Å². The summed E-state index contributed by atoms with van der Waals surface area (Å²) in [6.07, 6.45) is 2.86. The number of fused-ring (bicyclic) bond motifs is 1. The molecule has 0 aliphatic heterocycles. The van der Waals surface area contributed by atoms with E-state index >= 15 is 0 Å². The van der Waals surface area contributed by atoms with Crippen LogP contribution in [0.2, 0.25) is 0 Å². The highest BCUT2D eigenvalue weighted by atomic mass is 32.2. The average molecular weight is 526 g/mol. The molecule has 190 valence electrons. The molecule has 0 radical (unpaired) electrons. The number of aryl methyl sites for hydroxylation is 2. The molecule has 2 aromatic carbocycles. The van der Waals surface area contributed by atoms with Gasteiger partial charge in [0.25, 0.3) is 10.0 Å². The van der Waals surface area contributed by atoms with Crippen LogP contribution >= 0.6 is 0 Å². The number of pyridine rings is 1. The Balaban J connectivity index is 1.88. The lowest BCUT2D eigenvalue weighted by Gasteiger charge is -2.15. The molecule has 5 aromatic rings. The lowest BCUT2D eigenvalue weighted by Crippen LogP contribution is -2.15. The Morgan fingerprint density at radius 2 is 1.74 bits per heavy atom. The van der Waals surface area contributed by atoms with Crippen molar-refractivity contribution in [2.45, 2.75) is 25.7 Å². The van der Waals surface area contributed by atoms with Gasteiger partial charge < -0.3 is 10.5 Å². The lowest BCUT2D eigenvalue weighted by atomic mass is 9.92. The molecule has 5 rings (SSSR count). The van der Waals surface area contributed by atoms with E-state index in [0.29, 0.717) is 16.7 Å². The Bertz CT molecular complexity index is 1860. The number of anilines is 1. The van der Waals surface area contributed by atoms with Crippen molar-refractivity contribution in [3.05, 3.63) is 77.1 Å². The predicted octanol–water partition coefficient (Wildman–Crippen LogP) is 4.18. The van der Waals surface area contributed by atoms with Gasteiger partial charge in [0.2, 0.25) is 5.95 Å². The number of nitriles is 1. The van der Waals surface area contributed by atoms with Crippen molar-refractivity contribution in [3.63, 3.8) is 0 Å². The minimum atomic E-state index is -4.16. The molecule has 3 aromatic heterocycles. The summed E-state index contributed by atoms with van der Waals surface area (Å²) in [4.78, 5) is 8.61. The first-order valence-corrected chi connectivity index (χ1v) is 13.0. The first-order valence-electron chi connectivity index (χ1n) is 11.5. The molecule has 0 amide bonds. The van der Waals surface area contributed by atoms with E-state index in [-0.39, 0.29) is 33.4 Å². The molecular weight excluding hydrogens is 502 g/mol. The Morgan fingerprint density at radius 3 is 2.37 bits per heavy atom. The fraction of sp³-hybridized carbons (Fsp3) is 0.148. The second kappa shape index (κ2) is 9.24. The summed E-state index contributed by atoms with van der Waals surface area (Å²) < 4.78 is 34.5. The number of ether oxygens (including phenoxy) is 1. The number of hydrogen-bond donors (Lipinski definition) is 1. The van der Waals surface area contributed by atoms with Crippen molar-refractivity contribution < 1.29 is 13.2 Å². The normalized spacial score (nSPS) is 11.4. The number of nitrogens with zero attached hydrogens (tertiary/aromatic N) is 6. The van der Waals surface area contributed by atoms with Crippen molar-refractivity contribution in [3.8, 4) is 34.3 Å². The second-order valence-electron chi connectivity index (χ2n) is 8.79. The van der Waals surface area contributed by atoms with Crippen molar-refractivity contribution in [2.75, 3.05) is 12.8 Å². The topological polar surface area (TPSA) is 150 Å². The summed E-state index contributed by atoms with van der Waals surface area (Å²) in [5.41, 5.74) is 10.3. The molecule has 0 aliphatic carbocycles. The van der Waals surface area contributed by atoms with E-state index in [9.17, 15) is 13.7 Å². The number of hydrogen-bond acceptors (Lipinski definition) is 9. The van der Waals surface area contributed by atoms with Gasteiger partial charge in [-0.2, -0.15) is 5.26 Å². The van der Waals surface area contributed by atoms with Gasteiger partial charge in [-0.25, -0.2) is 22.4 Å². The van der Waals surface area contributed by atoms with E-state index in [1.54, 1.807) is 25.3 Å². The van der Waals surface area contributed by atoms with Gasteiger partial charge in [-0.1, -0.05) is 23.8 Å². The van der Waals surface area contributed by atoms with Gasteiger partial charge in [-0.05, 0) is 61.7 Å². The van der Waals surface area contributed by atoms with Crippen LogP contribution in [0.3, 0.4) is 0 Å². The molecule has 38 heavy (non-hydrogen) atoms. The maximum absolute atomic E-state index is 14.0. The molecule has 11 heteroatoms. The molecule has 10 nitrogen and oxygen atoms in total. The molecular formula is C27H23N7O3S. The standard InChI is InChI=1S/C27H23N7O3S/c1-15-5-8-18(9-6-15)38(35,36)34-23(22-14-31-27(29)33-32-22)11-19-20(12-28)21(13-30-26(19)34)25-16(2)7-10-24(37-4)17(25)3/h5-11,13-14H,1-4H3,(H2,29,31,33). The largest absolute Gasteiger partial charge is 0.496 e. The minimum Gasteiger partial charge on any atom is -0.496 e. The number of rotatable bonds is 5. The number of nitrogens with two attached hydrogens (primary N) is 1. The second-order valence-corrected chi connectivity index (χ2v) is 10.6. The highest BCUT2D eigenvalue weighted by Crippen LogP contribution is 2.39. The van der Waals surface area contributed by atoms with Crippen LogP contribution in [0.5, 0.6) is 5.75 Å². The Labute approximate surface area is 219 Å². The first-order chi connectivity index (χ1) is 18.2. The van der Waals surface area contributed by atoms with Gasteiger partial charge in [-0.3, -0.25) is 0 Å². The van der Waals surface area contributed by atoms with Crippen LogP contribution in [0.1, 0.15) is 22.3 Å². The van der Waals surface area contributed by atoms with Crippen molar-refractivity contribution in [2.24, 2.45) is 0 Å². The molecule has 2 N–H and O–H groups in total. The summed E-state index contributed by atoms with van der Waals surface area (Å²) in [7, 11) is -2.58. The van der Waals surface area contributed by atoms with Crippen LogP contribution in [0.25, 0.3) is 33.5 Å². The zero-order valence-electron chi connectivity index (χ0n) is 21.1. The third kappa shape index (κ3) is 3.91. The average Bonchev–Trinajstić information content (AvgIpc) is 3.30. The highest BCUT2D eigenvalue weighted by Gasteiger charge is 2.28. The maximum atomic E-state index is 14.0. The Morgan fingerprint density at radius 1 is 1.00 bits per heavy atom. The SMILES string of the molecule is COc1ccc(C)c(-c2cnc3c(cc(-c4cnc(N)nn4)n3S(=O)(=O)c3ccc(C)cc3)c2C#N)c1C. The molecule has 0 saturated carbocycles. The summed E-state index contributed by atoms with van der Waals surface area (Å²) in [6, 6.07) is 14.1. The summed E-state index contributed by atoms with van der Waals surface area (Å²) >= 11 is 0. The molecule has 0 saturated heterocycles. The van der Waals surface area contributed by atoms with Crippen molar-refractivity contribution >= 4 is 27.0 Å². The molecule has 0 bridgehead atoms. The quantitative estimate of drug-likeness (QED) is 0.356. The molecule has 3 heterocycles. The zero-order valence-corrected chi connectivity index (χ0v) is 21.9. The number of aromatic nitrogens is 5. The van der Waals surface area contributed by atoms with Crippen molar-refractivity contribution in [1.29, 1.82) is 5.26 Å². The fourth-order valence-corrected chi connectivity index (χ4v) is 6.01. The monoisotopic (exact) mass is 525 g/mol. The first kappa shape index (κ1) is 24.9. The van der Waals surface area contributed by atoms with E-state index in [0.717, 1.165) is 26.2 Å². The number of methoxy groups -OCH3 is 1. The fourth-order valence-electron chi connectivity index (χ4n) is 4.54. The molecule has 0 unspecified atom stereocenters. The van der Waals surface area contributed by atoms with E-state index in [2.05, 4.69) is 26.2 Å². The number of benzene rings is 2. The van der Waals surface area contributed by atoms with Crippen molar-refractivity contribution in [1.82, 2.24) is 24.1 Å². The predicted molar refractivity (Wildman–Crippen MR) is 143 cm³/mol. The summed E-state index contributed by atoms with van der Waals surface area (Å²) in [6.45, 7) is 5.70. The van der Waals surface area contributed by atoms with Gasteiger partial charge in [0.15, 0.2) is 5.65 Å². The lowest BCUT2D eigenvalue weighted by molar-refractivity contribution is 0.412. The van der Waals surface area contributed by atoms with Crippen LogP contribution in [-0.4, -0.2) is 39.7 Å². The minimum absolute atomic E-state index is 0.0556. The smallest absolute Gasteiger partial charge is 0.269 e. The molecule has 0 aliphatic rings. The highest BCUT2D eigenvalue weighted by molar-refractivity contribution is 7.90. The molecule has 0 atom stereocenters. The van der Waals surface area contributed by atoms with E-state index in [4.69, 9.17) is 10.5 Å². The zero-order chi connectivity index (χ0) is 27.2. The van der Waals surface area contributed by atoms with Crippen LogP contribution in [0.15, 0.2) is 59.8 Å². The van der Waals surface area contributed by atoms with Crippen LogP contribution in [0.4, 0.5) is 5.95 Å². The van der Waals surface area contributed by atoms with E-state index < -0.39 is 10.0 Å². The summed E-state index contributed by atoms with van der Waals surface area (Å²) in [5, 5.41) is 18.5. The van der Waals surface area contributed by atoms with E-state index in [1.165, 1.54) is 24.5 Å². The van der Waals surface area contributed by atoms with E-state index in [1.807, 2.05) is 32.9 Å². The Hall–Kier alpha value is -4.82. The van der Waals surface area contributed by atoms with Gasteiger partial charge in [0.1, 0.15) is 17.5 Å². The van der Waals surface area contributed by atoms with Gasteiger partial charge in [0, 0.05) is 17.1 Å². The van der Waals surface area contributed by atoms with Gasteiger partial charge >= 0.3 is 0 Å². The third-order valence-electron chi connectivity index (χ3n) is 6.41. The molecule has 0 spiro atoms. The molecule has 0 fully saturated rings. The third-order valence-corrected chi connectivity index (χ3v) is 8.13. The van der Waals surface area contributed by atoms with Gasteiger partial charge in [0.05, 0.1) is 29.5 Å². The van der Waals surface area contributed by atoms with Gasteiger partial charge in [-0.15, -0.1) is 10.2 Å². The summed E-state index contributed by atoms with van der Waals surface area (Å²) in [5.74, 6) is 0.609. The Kier molecular flexibility index (Phi) is 6.05. The maximum Gasteiger partial charge on any atom is 0.269 e.